The first-order valence-corrected chi connectivity index (χ1v) is 4.69. The summed E-state index contributed by atoms with van der Waals surface area (Å²) in [5.74, 6) is 0.352. The van der Waals surface area contributed by atoms with Crippen molar-refractivity contribution in [2.45, 2.75) is 25.3 Å². The topological polar surface area (TPSA) is 12.0 Å². The van der Waals surface area contributed by atoms with E-state index in [-0.39, 0.29) is 5.82 Å². The van der Waals surface area contributed by atoms with Gasteiger partial charge in [-0.2, -0.15) is 0 Å². The van der Waals surface area contributed by atoms with Gasteiger partial charge in [0, 0.05) is 6.04 Å². The second-order valence-electron chi connectivity index (χ2n) is 3.75. The Hall–Kier alpha value is -0.890. The van der Waals surface area contributed by atoms with Crippen LogP contribution in [0, 0.1) is 5.82 Å². The van der Waals surface area contributed by atoms with Crippen molar-refractivity contribution in [1.82, 2.24) is 5.32 Å². The lowest BCUT2D eigenvalue weighted by atomic mass is 10.0. The van der Waals surface area contributed by atoms with E-state index < -0.39 is 0 Å². The summed E-state index contributed by atoms with van der Waals surface area (Å²) in [5, 5.41) is 3.25. The molecule has 1 aromatic rings. The van der Waals surface area contributed by atoms with Crippen LogP contribution < -0.4 is 5.32 Å². The zero-order valence-corrected chi connectivity index (χ0v) is 7.97. The third-order valence-electron chi connectivity index (χ3n) is 2.89. The van der Waals surface area contributed by atoms with Crippen molar-refractivity contribution in [1.29, 1.82) is 0 Å². The highest BCUT2D eigenvalue weighted by Crippen LogP contribution is 2.39. The SMILES string of the molecule is CNC1CC(C)c2cc(F)ccc21. The van der Waals surface area contributed by atoms with Gasteiger partial charge in [-0.15, -0.1) is 0 Å². The number of hydrogen-bond acceptors (Lipinski definition) is 1. The highest BCUT2D eigenvalue weighted by Gasteiger charge is 2.26. The van der Waals surface area contributed by atoms with Crippen LogP contribution in [0.3, 0.4) is 0 Å². The Morgan fingerprint density at radius 2 is 2.15 bits per heavy atom. The fourth-order valence-corrected chi connectivity index (χ4v) is 2.17. The molecule has 0 fully saturated rings. The first kappa shape index (κ1) is 8.70. The minimum Gasteiger partial charge on any atom is -0.313 e. The molecule has 13 heavy (non-hydrogen) atoms. The van der Waals surface area contributed by atoms with Crippen molar-refractivity contribution in [3.8, 4) is 0 Å². The van der Waals surface area contributed by atoms with E-state index in [2.05, 4.69) is 12.2 Å². The Morgan fingerprint density at radius 3 is 2.85 bits per heavy atom. The van der Waals surface area contributed by atoms with Crippen LogP contribution in [0.25, 0.3) is 0 Å². The Balaban J connectivity index is 2.46. The molecule has 1 N–H and O–H groups in total. The number of halogens is 1. The molecule has 0 radical (unpaired) electrons. The summed E-state index contributed by atoms with van der Waals surface area (Å²) in [6.45, 7) is 2.15. The van der Waals surface area contributed by atoms with Crippen molar-refractivity contribution in [3.05, 3.63) is 35.1 Å². The van der Waals surface area contributed by atoms with Crippen LogP contribution >= 0.6 is 0 Å². The number of hydrogen-bond donors (Lipinski definition) is 1. The van der Waals surface area contributed by atoms with Gasteiger partial charge in [-0.1, -0.05) is 13.0 Å². The van der Waals surface area contributed by atoms with E-state index in [0.29, 0.717) is 12.0 Å². The van der Waals surface area contributed by atoms with Gasteiger partial charge in [0.15, 0.2) is 0 Å². The molecule has 0 bridgehead atoms. The molecule has 0 amide bonds. The molecule has 0 heterocycles. The smallest absolute Gasteiger partial charge is 0.123 e. The van der Waals surface area contributed by atoms with Crippen LogP contribution in [0.4, 0.5) is 4.39 Å². The maximum absolute atomic E-state index is 12.9. The van der Waals surface area contributed by atoms with Crippen LogP contribution in [0.5, 0.6) is 0 Å². The molecule has 70 valence electrons. The fraction of sp³-hybridized carbons (Fsp3) is 0.455. The summed E-state index contributed by atoms with van der Waals surface area (Å²) in [4.78, 5) is 0. The van der Waals surface area contributed by atoms with Crippen LogP contribution in [0.2, 0.25) is 0 Å². The first-order valence-electron chi connectivity index (χ1n) is 4.69. The molecule has 1 nitrogen and oxygen atoms in total. The zero-order chi connectivity index (χ0) is 9.42. The first-order chi connectivity index (χ1) is 6.22. The van der Waals surface area contributed by atoms with Gasteiger partial charge in [0.2, 0.25) is 0 Å². The Labute approximate surface area is 78.0 Å². The summed E-state index contributed by atoms with van der Waals surface area (Å²) < 4.78 is 12.9. The zero-order valence-electron chi connectivity index (χ0n) is 7.97. The molecule has 0 spiro atoms. The highest BCUT2D eigenvalue weighted by atomic mass is 19.1. The quantitative estimate of drug-likeness (QED) is 0.698. The summed E-state index contributed by atoms with van der Waals surface area (Å²) >= 11 is 0. The van der Waals surface area contributed by atoms with Crippen LogP contribution in [0.15, 0.2) is 18.2 Å². The Kier molecular flexibility index (Phi) is 2.08. The maximum Gasteiger partial charge on any atom is 0.123 e. The molecule has 1 aromatic carbocycles. The highest BCUT2D eigenvalue weighted by molar-refractivity contribution is 5.37. The van der Waals surface area contributed by atoms with Crippen molar-refractivity contribution in [2.24, 2.45) is 0 Å². The molecular weight excluding hydrogens is 165 g/mol. The monoisotopic (exact) mass is 179 g/mol. The molecule has 0 saturated heterocycles. The van der Waals surface area contributed by atoms with Gasteiger partial charge in [0.25, 0.3) is 0 Å². The van der Waals surface area contributed by atoms with Crippen LogP contribution in [0.1, 0.15) is 36.4 Å². The van der Waals surface area contributed by atoms with Gasteiger partial charge >= 0.3 is 0 Å². The van der Waals surface area contributed by atoms with E-state index in [1.807, 2.05) is 13.1 Å². The van der Waals surface area contributed by atoms with Crippen molar-refractivity contribution < 1.29 is 4.39 Å². The van der Waals surface area contributed by atoms with Crippen molar-refractivity contribution >= 4 is 0 Å². The Bertz CT molecular complexity index is 322. The van der Waals surface area contributed by atoms with Gasteiger partial charge < -0.3 is 5.32 Å². The van der Waals surface area contributed by atoms with E-state index >= 15 is 0 Å². The molecular formula is C11H14FN. The minimum absolute atomic E-state index is 0.123. The molecule has 1 aliphatic carbocycles. The summed E-state index contributed by atoms with van der Waals surface area (Å²) in [5.41, 5.74) is 2.43. The molecule has 2 rings (SSSR count). The van der Waals surface area contributed by atoms with Gasteiger partial charge in [0.1, 0.15) is 5.82 Å². The van der Waals surface area contributed by atoms with Gasteiger partial charge in [-0.05, 0) is 42.6 Å². The second-order valence-corrected chi connectivity index (χ2v) is 3.75. The largest absolute Gasteiger partial charge is 0.313 e. The normalized spacial score (nSPS) is 26.1. The average molecular weight is 179 g/mol. The standard InChI is InChI=1S/C11H14FN/c1-7-5-11(13-2)9-4-3-8(12)6-10(7)9/h3-4,6-7,11,13H,5H2,1-2H3. The number of rotatable bonds is 1. The Morgan fingerprint density at radius 1 is 1.38 bits per heavy atom. The number of fused-ring (bicyclic) bond motifs is 1. The predicted octanol–water partition coefficient (Wildman–Crippen LogP) is 2.59. The molecule has 2 heteroatoms. The molecule has 2 unspecified atom stereocenters. The molecule has 1 aliphatic rings. The molecule has 0 aliphatic heterocycles. The van der Waals surface area contributed by atoms with Crippen molar-refractivity contribution in [3.63, 3.8) is 0 Å². The minimum atomic E-state index is -0.123. The lowest BCUT2D eigenvalue weighted by Gasteiger charge is -2.08. The summed E-state index contributed by atoms with van der Waals surface area (Å²) in [6.07, 6.45) is 1.08. The van der Waals surface area contributed by atoms with Crippen molar-refractivity contribution in [2.75, 3.05) is 7.05 Å². The lowest BCUT2D eigenvalue weighted by molar-refractivity contribution is 0.553. The third kappa shape index (κ3) is 1.35. The molecule has 0 aromatic heterocycles. The van der Waals surface area contributed by atoms with E-state index in [1.54, 1.807) is 12.1 Å². The maximum atomic E-state index is 12.9. The predicted molar refractivity (Wildman–Crippen MR) is 51.2 cm³/mol. The summed E-state index contributed by atoms with van der Waals surface area (Å²) in [6, 6.07) is 5.51. The van der Waals surface area contributed by atoms with Crippen LogP contribution in [-0.4, -0.2) is 7.05 Å². The number of nitrogens with one attached hydrogen (secondary N) is 1. The fourth-order valence-electron chi connectivity index (χ4n) is 2.17. The van der Waals surface area contributed by atoms with Gasteiger partial charge in [-0.25, -0.2) is 4.39 Å². The lowest BCUT2D eigenvalue weighted by Crippen LogP contribution is -2.12. The van der Waals surface area contributed by atoms with E-state index in [0.717, 1.165) is 6.42 Å². The third-order valence-corrected chi connectivity index (χ3v) is 2.89. The van der Waals surface area contributed by atoms with Gasteiger partial charge in [0.05, 0.1) is 0 Å². The van der Waals surface area contributed by atoms with Crippen LogP contribution in [-0.2, 0) is 0 Å². The number of benzene rings is 1. The summed E-state index contributed by atoms with van der Waals surface area (Å²) in [7, 11) is 1.95. The molecule has 0 saturated carbocycles. The van der Waals surface area contributed by atoms with E-state index in [9.17, 15) is 4.39 Å². The van der Waals surface area contributed by atoms with E-state index in [1.165, 1.54) is 11.1 Å². The molecule has 2 atom stereocenters. The van der Waals surface area contributed by atoms with E-state index in [4.69, 9.17) is 0 Å². The second kappa shape index (κ2) is 3.11. The van der Waals surface area contributed by atoms with Gasteiger partial charge in [-0.3, -0.25) is 0 Å². The average Bonchev–Trinajstić information content (AvgIpc) is 2.43.